The minimum atomic E-state index is -0.466. The van der Waals surface area contributed by atoms with Gasteiger partial charge in [0, 0.05) is 25.2 Å². The van der Waals surface area contributed by atoms with Crippen LogP contribution in [0.3, 0.4) is 0 Å². The molecule has 8 nitrogen and oxygen atoms in total. The maximum absolute atomic E-state index is 11.0. The Kier molecular flexibility index (Phi) is 3.25. The molecule has 1 aliphatic heterocycles. The third-order valence-electron chi connectivity index (χ3n) is 4.08. The van der Waals surface area contributed by atoms with Crippen LogP contribution in [0.25, 0.3) is 5.65 Å². The van der Waals surface area contributed by atoms with Gasteiger partial charge in [0.2, 0.25) is 5.65 Å². The summed E-state index contributed by atoms with van der Waals surface area (Å²) in [5.41, 5.74) is 0.488. The highest BCUT2D eigenvalue weighted by atomic mass is 16.6. The van der Waals surface area contributed by atoms with Gasteiger partial charge in [-0.1, -0.05) is 16.5 Å². The van der Waals surface area contributed by atoms with Gasteiger partial charge in [-0.2, -0.15) is 0 Å². The molecule has 1 fully saturated rings. The largest absolute Gasteiger partial charge is 0.368 e. The predicted octanol–water partition coefficient (Wildman–Crippen LogP) is 1.02. The first kappa shape index (κ1) is 13.7. The zero-order valence-corrected chi connectivity index (χ0v) is 12.3. The number of fused-ring (bicyclic) bond motifs is 1. The van der Waals surface area contributed by atoms with E-state index in [1.807, 2.05) is 6.07 Å². The van der Waals surface area contributed by atoms with Crippen molar-refractivity contribution in [3.63, 3.8) is 0 Å². The number of hydrogen-bond donors (Lipinski definition) is 0. The second kappa shape index (κ2) is 4.96. The molecule has 1 aliphatic rings. The van der Waals surface area contributed by atoms with Crippen LogP contribution in [0.15, 0.2) is 18.3 Å². The predicted molar refractivity (Wildman–Crippen MR) is 78.5 cm³/mol. The molecule has 3 heterocycles. The maximum atomic E-state index is 11.0. The second-order valence-corrected chi connectivity index (χ2v) is 5.75. The fraction of sp³-hybridized carbons (Fsp3) is 0.538. The molecule has 0 spiro atoms. The lowest BCUT2D eigenvalue weighted by Gasteiger charge is -2.22. The van der Waals surface area contributed by atoms with Gasteiger partial charge in [-0.3, -0.25) is 0 Å². The van der Waals surface area contributed by atoms with Crippen molar-refractivity contribution in [3.8, 4) is 0 Å². The highest BCUT2D eigenvalue weighted by Crippen LogP contribution is 2.25. The molecule has 21 heavy (non-hydrogen) atoms. The molecule has 0 N–H and O–H groups in total. The molecular formula is C13H18N6O2. The lowest BCUT2D eigenvalue weighted by Crippen LogP contribution is -2.34. The van der Waals surface area contributed by atoms with E-state index in [1.165, 1.54) is 10.7 Å². The summed E-state index contributed by atoms with van der Waals surface area (Å²) in [5.74, 6) is 1.17. The van der Waals surface area contributed by atoms with E-state index in [0.29, 0.717) is 17.6 Å². The summed E-state index contributed by atoms with van der Waals surface area (Å²) in [6.45, 7) is 3.97. The molecule has 0 aromatic carbocycles. The van der Waals surface area contributed by atoms with E-state index < -0.39 is 4.92 Å². The summed E-state index contributed by atoms with van der Waals surface area (Å²) in [6.07, 6.45) is 1.24. The minimum absolute atomic E-state index is 0.108. The van der Waals surface area contributed by atoms with E-state index in [9.17, 15) is 10.1 Å². The Morgan fingerprint density at radius 1 is 1.38 bits per heavy atom. The van der Waals surface area contributed by atoms with E-state index in [-0.39, 0.29) is 5.82 Å². The lowest BCUT2D eigenvalue weighted by atomic mass is 10.1. The topological polar surface area (TPSA) is 79.8 Å². The molecule has 3 rings (SSSR count). The van der Waals surface area contributed by atoms with E-state index >= 15 is 0 Å². The van der Waals surface area contributed by atoms with Crippen molar-refractivity contribution in [2.75, 3.05) is 32.1 Å². The highest BCUT2D eigenvalue weighted by molar-refractivity contribution is 5.50. The van der Waals surface area contributed by atoms with E-state index in [2.05, 4.69) is 40.9 Å². The molecule has 8 heteroatoms. The maximum Gasteiger partial charge on any atom is 0.368 e. The summed E-state index contributed by atoms with van der Waals surface area (Å²) in [4.78, 5) is 18.9. The van der Waals surface area contributed by atoms with Crippen LogP contribution in [0.2, 0.25) is 0 Å². The monoisotopic (exact) mass is 290 g/mol. The Morgan fingerprint density at radius 2 is 2.14 bits per heavy atom. The van der Waals surface area contributed by atoms with E-state index in [4.69, 9.17) is 0 Å². The third-order valence-corrected chi connectivity index (χ3v) is 4.08. The van der Waals surface area contributed by atoms with Gasteiger partial charge in [-0.25, -0.2) is 4.98 Å². The van der Waals surface area contributed by atoms with Gasteiger partial charge in [0.25, 0.3) is 0 Å². The van der Waals surface area contributed by atoms with Gasteiger partial charge >= 0.3 is 5.82 Å². The van der Waals surface area contributed by atoms with Crippen molar-refractivity contribution < 1.29 is 4.92 Å². The Balaban J connectivity index is 1.95. The molecule has 0 bridgehead atoms. The Labute approximate surface area is 122 Å². The van der Waals surface area contributed by atoms with Crippen molar-refractivity contribution >= 4 is 17.3 Å². The van der Waals surface area contributed by atoms with Crippen molar-refractivity contribution in [2.24, 2.45) is 5.92 Å². The zero-order chi connectivity index (χ0) is 15.1. The van der Waals surface area contributed by atoms with Crippen LogP contribution in [0.5, 0.6) is 0 Å². The number of likely N-dealkylation sites (N-methyl/N-ethyl adjacent to an activating group) is 1. The SMILES string of the molecule is CC1CN(c2ccc3ncc([N+](=O)[O-])n3n2)CC1N(C)C. The van der Waals surface area contributed by atoms with Gasteiger partial charge in [0.15, 0.2) is 5.82 Å². The summed E-state index contributed by atoms with van der Waals surface area (Å²) in [7, 11) is 4.14. The number of anilines is 1. The molecule has 2 aromatic rings. The summed E-state index contributed by atoms with van der Waals surface area (Å²) in [6, 6.07) is 4.10. The van der Waals surface area contributed by atoms with Crippen molar-refractivity contribution in [3.05, 3.63) is 28.4 Å². The molecule has 0 amide bonds. The normalized spacial score (nSPS) is 22.4. The fourth-order valence-electron chi connectivity index (χ4n) is 2.95. The molecular weight excluding hydrogens is 272 g/mol. The third kappa shape index (κ3) is 2.31. The molecule has 2 aromatic heterocycles. The number of aromatic nitrogens is 3. The quantitative estimate of drug-likeness (QED) is 0.620. The molecule has 1 saturated heterocycles. The average Bonchev–Trinajstić information content (AvgIpc) is 3.01. The van der Waals surface area contributed by atoms with Gasteiger partial charge in [0.1, 0.15) is 6.20 Å². The van der Waals surface area contributed by atoms with Crippen LogP contribution in [0.1, 0.15) is 6.92 Å². The Morgan fingerprint density at radius 3 is 2.76 bits per heavy atom. The van der Waals surface area contributed by atoms with E-state index in [0.717, 1.165) is 18.9 Å². The second-order valence-electron chi connectivity index (χ2n) is 5.75. The smallest absolute Gasteiger partial charge is 0.358 e. The van der Waals surface area contributed by atoms with Crippen LogP contribution in [0, 0.1) is 16.0 Å². The summed E-state index contributed by atoms with van der Waals surface area (Å²) >= 11 is 0. The standard InChI is InChI=1S/C13H18N6O2/c1-9-7-17(8-10(9)16(2)3)12-5-4-11-14-6-13(19(20)21)18(11)15-12/h4-6,9-10H,7-8H2,1-3H3. The molecule has 0 radical (unpaired) electrons. The number of rotatable bonds is 3. The highest BCUT2D eigenvalue weighted by Gasteiger charge is 2.32. The summed E-state index contributed by atoms with van der Waals surface area (Å²) < 4.78 is 1.29. The van der Waals surface area contributed by atoms with Gasteiger partial charge in [-0.15, -0.1) is 0 Å². The van der Waals surface area contributed by atoms with Crippen LogP contribution in [-0.4, -0.2) is 57.6 Å². The average molecular weight is 290 g/mol. The zero-order valence-electron chi connectivity index (χ0n) is 12.3. The van der Waals surface area contributed by atoms with E-state index in [1.54, 1.807) is 6.07 Å². The first-order chi connectivity index (χ1) is 9.97. The fourth-order valence-corrected chi connectivity index (χ4v) is 2.95. The molecule has 2 unspecified atom stereocenters. The van der Waals surface area contributed by atoms with Gasteiger partial charge in [0.05, 0.1) is 0 Å². The van der Waals surface area contributed by atoms with Gasteiger partial charge < -0.3 is 19.9 Å². The van der Waals surface area contributed by atoms with Crippen LogP contribution >= 0.6 is 0 Å². The van der Waals surface area contributed by atoms with Crippen LogP contribution in [0.4, 0.5) is 11.6 Å². The van der Waals surface area contributed by atoms with Crippen LogP contribution in [-0.2, 0) is 0 Å². The van der Waals surface area contributed by atoms with Crippen molar-refractivity contribution in [1.82, 2.24) is 19.5 Å². The minimum Gasteiger partial charge on any atom is -0.358 e. The Bertz CT molecular complexity index is 682. The number of nitro groups is 1. The molecule has 0 aliphatic carbocycles. The van der Waals surface area contributed by atoms with Crippen molar-refractivity contribution in [1.29, 1.82) is 0 Å². The summed E-state index contributed by atoms with van der Waals surface area (Å²) in [5, 5.41) is 15.4. The first-order valence-electron chi connectivity index (χ1n) is 6.88. The number of nitrogens with zero attached hydrogens (tertiary/aromatic N) is 6. The molecule has 112 valence electrons. The molecule has 2 atom stereocenters. The van der Waals surface area contributed by atoms with Crippen molar-refractivity contribution in [2.45, 2.75) is 13.0 Å². The number of imidazole rings is 1. The molecule has 0 saturated carbocycles. The first-order valence-corrected chi connectivity index (χ1v) is 6.88. The number of hydrogen-bond acceptors (Lipinski definition) is 6. The lowest BCUT2D eigenvalue weighted by molar-refractivity contribution is -0.391. The Hall–Kier alpha value is -2.22. The van der Waals surface area contributed by atoms with Crippen LogP contribution < -0.4 is 4.90 Å². The van der Waals surface area contributed by atoms with Gasteiger partial charge in [-0.05, 0) is 31.0 Å².